The summed E-state index contributed by atoms with van der Waals surface area (Å²) in [7, 11) is 0. The maximum Gasteiger partial charge on any atom is 0.337 e. The number of nitrogens with one attached hydrogen (secondary N) is 1. The summed E-state index contributed by atoms with van der Waals surface area (Å²) >= 11 is 0. The highest BCUT2D eigenvalue weighted by molar-refractivity contribution is 5.93. The second-order valence-corrected chi connectivity index (χ2v) is 4.84. The van der Waals surface area contributed by atoms with E-state index in [1.54, 1.807) is 0 Å². The van der Waals surface area contributed by atoms with Crippen molar-refractivity contribution in [2.45, 2.75) is 52.0 Å². The van der Waals surface area contributed by atoms with Crippen LogP contribution in [0.3, 0.4) is 0 Å². The van der Waals surface area contributed by atoms with Gasteiger partial charge in [-0.1, -0.05) is 33.1 Å². The average molecular weight is 278 g/mol. The molecule has 0 aliphatic rings. The van der Waals surface area contributed by atoms with Crippen LogP contribution in [0.15, 0.2) is 18.3 Å². The van der Waals surface area contributed by atoms with Gasteiger partial charge in [-0.25, -0.2) is 4.79 Å². The Morgan fingerprint density at radius 1 is 1.25 bits per heavy atom. The minimum Gasteiger partial charge on any atom is -0.478 e. The van der Waals surface area contributed by atoms with Gasteiger partial charge in [0.1, 0.15) is 5.69 Å². The number of aromatic nitrogens is 1. The number of pyridine rings is 1. The van der Waals surface area contributed by atoms with Gasteiger partial charge in [0.05, 0.1) is 5.56 Å². The van der Waals surface area contributed by atoms with E-state index in [0.717, 1.165) is 32.1 Å². The van der Waals surface area contributed by atoms with Crippen molar-refractivity contribution < 1.29 is 14.7 Å². The molecule has 1 rings (SSSR count). The normalized spacial score (nSPS) is 11.9. The van der Waals surface area contributed by atoms with Crippen molar-refractivity contribution >= 4 is 11.9 Å². The van der Waals surface area contributed by atoms with E-state index < -0.39 is 5.97 Å². The second-order valence-electron chi connectivity index (χ2n) is 4.84. The fourth-order valence-electron chi connectivity index (χ4n) is 2.00. The number of carboxylic acids is 1. The Hall–Kier alpha value is -1.91. The summed E-state index contributed by atoms with van der Waals surface area (Å²) in [6.07, 6.45) is 6.30. The number of hydrogen-bond donors (Lipinski definition) is 2. The van der Waals surface area contributed by atoms with E-state index in [1.165, 1.54) is 18.3 Å². The summed E-state index contributed by atoms with van der Waals surface area (Å²) in [5.74, 6) is -1.28. The fraction of sp³-hybridized carbons (Fsp3) is 0.533. The number of unbranched alkanes of at least 4 members (excludes halogenated alkanes) is 1. The molecular formula is C15H22N2O3. The first-order valence-corrected chi connectivity index (χ1v) is 7.08. The maximum atomic E-state index is 12.1. The molecule has 110 valence electrons. The first-order valence-electron chi connectivity index (χ1n) is 7.08. The number of carboxylic acid groups (broad SMARTS) is 1. The van der Waals surface area contributed by atoms with Gasteiger partial charge in [0.2, 0.25) is 0 Å². The first kappa shape index (κ1) is 16.1. The molecule has 0 bridgehead atoms. The van der Waals surface area contributed by atoms with Crippen LogP contribution < -0.4 is 5.32 Å². The minimum atomic E-state index is -1.05. The zero-order valence-electron chi connectivity index (χ0n) is 12.1. The largest absolute Gasteiger partial charge is 0.478 e. The van der Waals surface area contributed by atoms with Gasteiger partial charge >= 0.3 is 5.97 Å². The van der Waals surface area contributed by atoms with E-state index in [4.69, 9.17) is 5.11 Å². The Morgan fingerprint density at radius 2 is 2.00 bits per heavy atom. The van der Waals surface area contributed by atoms with Crippen LogP contribution in [0.2, 0.25) is 0 Å². The Kier molecular flexibility index (Phi) is 6.70. The van der Waals surface area contributed by atoms with E-state index in [1.807, 2.05) is 0 Å². The van der Waals surface area contributed by atoms with E-state index in [9.17, 15) is 9.59 Å². The number of amides is 1. The van der Waals surface area contributed by atoms with Gasteiger partial charge in [-0.05, 0) is 25.0 Å². The molecule has 20 heavy (non-hydrogen) atoms. The lowest BCUT2D eigenvalue weighted by Gasteiger charge is -2.17. The topological polar surface area (TPSA) is 79.3 Å². The number of aromatic carboxylic acids is 1. The summed E-state index contributed by atoms with van der Waals surface area (Å²) in [6.45, 7) is 4.21. The Bertz CT molecular complexity index is 443. The van der Waals surface area contributed by atoms with Gasteiger partial charge in [0, 0.05) is 12.2 Å². The van der Waals surface area contributed by atoms with Crippen molar-refractivity contribution in [1.29, 1.82) is 0 Å². The van der Waals surface area contributed by atoms with Gasteiger partial charge in [0.25, 0.3) is 5.91 Å². The Morgan fingerprint density at radius 3 is 2.50 bits per heavy atom. The molecule has 1 unspecified atom stereocenters. The standard InChI is InChI=1S/C15H22N2O3/c1-3-5-7-12(6-4-2)17-14(18)13-9-8-11(10-16-13)15(19)20/h8-10,12H,3-7H2,1-2H3,(H,17,18)(H,19,20). The van der Waals surface area contributed by atoms with E-state index in [2.05, 4.69) is 24.1 Å². The van der Waals surface area contributed by atoms with Gasteiger partial charge in [-0.3, -0.25) is 9.78 Å². The smallest absolute Gasteiger partial charge is 0.337 e. The molecule has 1 aromatic heterocycles. The number of carbonyl (C=O) groups excluding carboxylic acids is 1. The maximum absolute atomic E-state index is 12.1. The lowest BCUT2D eigenvalue weighted by Crippen LogP contribution is -2.35. The van der Waals surface area contributed by atoms with E-state index in [-0.39, 0.29) is 23.2 Å². The molecule has 0 aliphatic heterocycles. The second kappa shape index (κ2) is 8.30. The third-order valence-corrected chi connectivity index (χ3v) is 3.12. The molecule has 2 N–H and O–H groups in total. The summed E-state index contributed by atoms with van der Waals surface area (Å²) < 4.78 is 0. The summed E-state index contributed by atoms with van der Waals surface area (Å²) in [5.41, 5.74) is 0.338. The Balaban J connectivity index is 2.65. The molecule has 0 aromatic carbocycles. The zero-order chi connectivity index (χ0) is 15.0. The number of nitrogens with zero attached hydrogens (tertiary/aromatic N) is 1. The first-order chi connectivity index (χ1) is 9.58. The monoisotopic (exact) mass is 278 g/mol. The molecule has 0 saturated heterocycles. The molecule has 0 aliphatic carbocycles. The van der Waals surface area contributed by atoms with Crippen LogP contribution in [0.4, 0.5) is 0 Å². The molecule has 1 amide bonds. The van der Waals surface area contributed by atoms with Gasteiger partial charge in [-0.15, -0.1) is 0 Å². The van der Waals surface area contributed by atoms with Crippen molar-refractivity contribution in [3.8, 4) is 0 Å². The molecule has 5 heteroatoms. The molecule has 0 radical (unpaired) electrons. The van der Waals surface area contributed by atoms with E-state index in [0.29, 0.717) is 0 Å². The molecule has 0 fully saturated rings. The molecular weight excluding hydrogens is 256 g/mol. The van der Waals surface area contributed by atoms with Crippen molar-refractivity contribution in [3.05, 3.63) is 29.6 Å². The SMILES string of the molecule is CCCCC(CCC)NC(=O)c1ccc(C(=O)O)cn1. The summed E-state index contributed by atoms with van der Waals surface area (Å²) in [5, 5.41) is 11.8. The van der Waals surface area contributed by atoms with Crippen LogP contribution in [-0.4, -0.2) is 28.0 Å². The highest BCUT2D eigenvalue weighted by Gasteiger charge is 2.14. The molecule has 0 saturated carbocycles. The van der Waals surface area contributed by atoms with Crippen LogP contribution >= 0.6 is 0 Å². The summed E-state index contributed by atoms with van der Waals surface area (Å²) in [4.78, 5) is 26.7. The van der Waals surface area contributed by atoms with Crippen LogP contribution in [0.5, 0.6) is 0 Å². The predicted octanol–water partition coefficient (Wildman–Crippen LogP) is 2.87. The highest BCUT2D eigenvalue weighted by atomic mass is 16.4. The van der Waals surface area contributed by atoms with Crippen LogP contribution in [0, 0.1) is 0 Å². The van der Waals surface area contributed by atoms with Crippen molar-refractivity contribution in [3.63, 3.8) is 0 Å². The quantitative estimate of drug-likeness (QED) is 0.766. The van der Waals surface area contributed by atoms with Crippen LogP contribution in [-0.2, 0) is 0 Å². The van der Waals surface area contributed by atoms with Crippen molar-refractivity contribution in [1.82, 2.24) is 10.3 Å². The van der Waals surface area contributed by atoms with Crippen LogP contribution in [0.25, 0.3) is 0 Å². The predicted molar refractivity (Wildman–Crippen MR) is 76.9 cm³/mol. The molecule has 1 atom stereocenters. The van der Waals surface area contributed by atoms with Gasteiger partial charge in [0.15, 0.2) is 0 Å². The lowest BCUT2D eigenvalue weighted by molar-refractivity contribution is 0.0695. The fourth-order valence-corrected chi connectivity index (χ4v) is 2.00. The minimum absolute atomic E-state index is 0.0811. The number of hydrogen-bond acceptors (Lipinski definition) is 3. The number of carbonyl (C=O) groups is 2. The molecule has 5 nitrogen and oxygen atoms in total. The average Bonchev–Trinajstić information content (AvgIpc) is 2.45. The van der Waals surface area contributed by atoms with Crippen molar-refractivity contribution in [2.75, 3.05) is 0 Å². The lowest BCUT2D eigenvalue weighted by atomic mass is 10.0. The zero-order valence-corrected chi connectivity index (χ0v) is 12.1. The Labute approximate surface area is 119 Å². The third-order valence-electron chi connectivity index (χ3n) is 3.12. The van der Waals surface area contributed by atoms with E-state index >= 15 is 0 Å². The van der Waals surface area contributed by atoms with Crippen LogP contribution in [0.1, 0.15) is 66.8 Å². The molecule has 1 aromatic rings. The third kappa shape index (κ3) is 4.99. The number of rotatable bonds is 8. The summed E-state index contributed by atoms with van der Waals surface area (Å²) in [6, 6.07) is 3.00. The van der Waals surface area contributed by atoms with Crippen molar-refractivity contribution in [2.24, 2.45) is 0 Å². The molecule has 0 spiro atoms. The highest BCUT2D eigenvalue weighted by Crippen LogP contribution is 2.08. The van der Waals surface area contributed by atoms with Gasteiger partial charge in [-0.2, -0.15) is 0 Å². The molecule has 1 heterocycles. The van der Waals surface area contributed by atoms with Gasteiger partial charge < -0.3 is 10.4 Å².